The maximum Gasteiger partial charge on any atom is 0.418 e. The number of nitro benzene ring substituents is 1. The Balaban J connectivity index is 1.98. The van der Waals surface area contributed by atoms with E-state index in [1.54, 1.807) is 0 Å². The van der Waals surface area contributed by atoms with Gasteiger partial charge in [-0.05, 0) is 35.4 Å². The highest BCUT2D eigenvalue weighted by Crippen LogP contribution is 2.39. The number of hydrogen-bond acceptors (Lipinski definition) is 4. The Morgan fingerprint density at radius 1 is 0.941 bits per heavy atom. The number of alkyl halides is 6. The summed E-state index contributed by atoms with van der Waals surface area (Å²) < 4.78 is 79.7. The number of hydrogen-bond donors (Lipinski definition) is 0. The number of nitro groups is 1. The minimum atomic E-state index is -4.81. The van der Waals surface area contributed by atoms with Crippen molar-refractivity contribution in [2.45, 2.75) is 31.1 Å². The molecule has 0 bridgehead atoms. The normalized spacial score (nSPS) is 12.9. The van der Waals surface area contributed by atoms with Gasteiger partial charge in [0.2, 0.25) is 0 Å². The summed E-state index contributed by atoms with van der Waals surface area (Å²) in [5.41, 5.74) is -2.53. The Morgan fingerprint density at radius 3 is 2.21 bits per heavy atom. The van der Waals surface area contributed by atoms with Crippen LogP contribution < -0.4 is 0 Å². The largest absolute Gasteiger partial charge is 0.418 e. The molecule has 1 heterocycles. The van der Waals surface area contributed by atoms with Gasteiger partial charge in [0, 0.05) is 37.1 Å². The van der Waals surface area contributed by atoms with E-state index in [-0.39, 0.29) is 23.2 Å². The maximum atomic E-state index is 13.6. The summed E-state index contributed by atoms with van der Waals surface area (Å²) in [4.78, 5) is 26.9. The maximum absolute atomic E-state index is 13.6. The summed E-state index contributed by atoms with van der Waals surface area (Å²) in [5.74, 6) is -1.85. The number of benzene rings is 2. The van der Waals surface area contributed by atoms with Crippen LogP contribution in [0.1, 0.15) is 40.3 Å². The first kappa shape index (κ1) is 24.9. The predicted octanol–water partition coefficient (Wildman–Crippen LogP) is 6.36. The van der Waals surface area contributed by atoms with E-state index in [4.69, 9.17) is 0 Å². The van der Waals surface area contributed by atoms with Crippen LogP contribution >= 0.6 is 0 Å². The number of ketones is 1. The van der Waals surface area contributed by atoms with Gasteiger partial charge in [0.05, 0.1) is 21.7 Å². The zero-order valence-electron chi connectivity index (χ0n) is 17.2. The van der Waals surface area contributed by atoms with Gasteiger partial charge in [0.1, 0.15) is 5.78 Å². The fourth-order valence-corrected chi connectivity index (χ4v) is 3.52. The monoisotopic (exact) mass is 482 g/mol. The summed E-state index contributed by atoms with van der Waals surface area (Å²) in [5, 5.41) is 10.9. The van der Waals surface area contributed by atoms with Gasteiger partial charge in [-0.1, -0.05) is 24.3 Å². The van der Waals surface area contributed by atoms with Gasteiger partial charge in [0.15, 0.2) is 0 Å². The summed E-state index contributed by atoms with van der Waals surface area (Å²) >= 11 is 0. The standard InChI is InChI=1S/C23H16F6N2O3/c24-22(25,26)16-8-6-15(7-9-16)19(21-20(23(27,28)29)5-2-10-30-21)13-18(32)12-14-3-1-4-17(11-14)31(33)34/h1-11,19H,12-13H2/t19-/m0/s1. The summed E-state index contributed by atoms with van der Waals surface area (Å²) in [7, 11) is 0. The van der Waals surface area contributed by atoms with E-state index in [9.17, 15) is 41.3 Å². The molecule has 0 saturated heterocycles. The third-order valence-electron chi connectivity index (χ3n) is 5.07. The molecule has 178 valence electrons. The zero-order valence-corrected chi connectivity index (χ0v) is 17.2. The van der Waals surface area contributed by atoms with Crippen LogP contribution in [0, 0.1) is 10.1 Å². The molecule has 11 heteroatoms. The molecular formula is C23H16F6N2O3. The van der Waals surface area contributed by atoms with Gasteiger partial charge in [-0.15, -0.1) is 0 Å². The summed E-state index contributed by atoms with van der Waals surface area (Å²) in [6.45, 7) is 0. The van der Waals surface area contributed by atoms with E-state index in [0.29, 0.717) is 0 Å². The van der Waals surface area contributed by atoms with Crippen molar-refractivity contribution in [2.24, 2.45) is 0 Å². The number of Topliss-reactive ketones (excluding diaryl/α,β-unsaturated/α-hetero) is 1. The Morgan fingerprint density at radius 2 is 1.62 bits per heavy atom. The quantitative estimate of drug-likeness (QED) is 0.223. The first-order valence-corrected chi connectivity index (χ1v) is 9.80. The van der Waals surface area contributed by atoms with E-state index in [0.717, 1.165) is 42.6 Å². The fraction of sp³-hybridized carbons (Fsp3) is 0.217. The molecule has 3 aromatic rings. The van der Waals surface area contributed by atoms with Crippen LogP contribution in [0.2, 0.25) is 0 Å². The van der Waals surface area contributed by atoms with Crippen LogP contribution in [0.5, 0.6) is 0 Å². The van der Waals surface area contributed by atoms with Crippen molar-refractivity contribution in [1.29, 1.82) is 0 Å². The highest BCUT2D eigenvalue weighted by Gasteiger charge is 2.37. The molecule has 1 aromatic heterocycles. The van der Waals surface area contributed by atoms with Gasteiger partial charge >= 0.3 is 12.4 Å². The average molecular weight is 482 g/mol. The molecule has 0 aliphatic rings. The minimum absolute atomic E-state index is 0.0459. The SMILES string of the molecule is O=C(Cc1cccc([N+](=O)[O-])c1)C[C@@H](c1ccc(C(F)(F)F)cc1)c1ncccc1C(F)(F)F. The lowest BCUT2D eigenvalue weighted by Gasteiger charge is -2.21. The van der Waals surface area contributed by atoms with Crippen LogP contribution in [-0.2, 0) is 23.6 Å². The second-order valence-corrected chi connectivity index (χ2v) is 7.45. The molecule has 0 unspecified atom stereocenters. The van der Waals surface area contributed by atoms with E-state index >= 15 is 0 Å². The molecule has 5 nitrogen and oxygen atoms in total. The first-order chi connectivity index (χ1) is 15.9. The minimum Gasteiger partial charge on any atom is -0.299 e. The van der Waals surface area contributed by atoms with Crippen molar-refractivity contribution in [2.75, 3.05) is 0 Å². The molecule has 0 radical (unpaired) electrons. The molecule has 3 rings (SSSR count). The van der Waals surface area contributed by atoms with Crippen molar-refractivity contribution in [3.05, 3.63) is 105 Å². The molecule has 0 aliphatic carbocycles. The lowest BCUT2D eigenvalue weighted by molar-refractivity contribution is -0.384. The van der Waals surface area contributed by atoms with E-state index in [1.165, 1.54) is 24.3 Å². The summed E-state index contributed by atoms with van der Waals surface area (Å²) in [6, 6.07) is 10.6. The van der Waals surface area contributed by atoms with Gasteiger partial charge in [0.25, 0.3) is 5.69 Å². The average Bonchev–Trinajstić information content (AvgIpc) is 2.76. The van der Waals surface area contributed by atoms with E-state index < -0.39 is 52.2 Å². The molecule has 1 atom stereocenters. The smallest absolute Gasteiger partial charge is 0.299 e. The third kappa shape index (κ3) is 5.97. The number of rotatable bonds is 7. The van der Waals surface area contributed by atoms with Crippen molar-refractivity contribution in [3.8, 4) is 0 Å². The zero-order chi connectivity index (χ0) is 25.1. The van der Waals surface area contributed by atoms with Gasteiger partial charge in [-0.25, -0.2) is 0 Å². The Bertz CT molecular complexity index is 1190. The number of nitrogens with zero attached hydrogens (tertiary/aromatic N) is 2. The van der Waals surface area contributed by atoms with Gasteiger partial charge < -0.3 is 0 Å². The molecule has 0 aliphatic heterocycles. The Hall–Kier alpha value is -3.76. The van der Waals surface area contributed by atoms with Crippen molar-refractivity contribution >= 4 is 11.5 Å². The molecule has 0 fully saturated rings. The Labute approximate surface area is 189 Å². The molecule has 0 N–H and O–H groups in total. The van der Waals surface area contributed by atoms with Gasteiger partial charge in [-0.3, -0.25) is 19.9 Å². The van der Waals surface area contributed by atoms with Gasteiger partial charge in [-0.2, -0.15) is 26.3 Å². The number of halogens is 6. The van der Waals surface area contributed by atoms with Crippen molar-refractivity contribution in [3.63, 3.8) is 0 Å². The van der Waals surface area contributed by atoms with E-state index in [2.05, 4.69) is 4.98 Å². The summed E-state index contributed by atoms with van der Waals surface area (Å²) in [6.07, 6.45) is -9.17. The fourth-order valence-electron chi connectivity index (χ4n) is 3.52. The molecule has 0 spiro atoms. The lowest BCUT2D eigenvalue weighted by Crippen LogP contribution is -2.18. The molecular weight excluding hydrogens is 466 g/mol. The van der Waals surface area contributed by atoms with E-state index in [1.807, 2.05) is 0 Å². The van der Waals surface area contributed by atoms with Crippen molar-refractivity contribution < 1.29 is 36.1 Å². The number of carbonyl (C=O) groups excluding carboxylic acids is 1. The van der Waals surface area contributed by atoms with Crippen LogP contribution in [0.25, 0.3) is 0 Å². The van der Waals surface area contributed by atoms with Crippen LogP contribution in [0.4, 0.5) is 32.0 Å². The topological polar surface area (TPSA) is 73.1 Å². The molecule has 2 aromatic carbocycles. The molecule has 34 heavy (non-hydrogen) atoms. The van der Waals surface area contributed by atoms with Crippen LogP contribution in [0.15, 0.2) is 66.9 Å². The molecule has 0 saturated carbocycles. The molecule has 0 amide bonds. The van der Waals surface area contributed by atoms with Crippen LogP contribution in [0.3, 0.4) is 0 Å². The number of pyridine rings is 1. The second-order valence-electron chi connectivity index (χ2n) is 7.45. The first-order valence-electron chi connectivity index (χ1n) is 9.80. The van der Waals surface area contributed by atoms with Crippen molar-refractivity contribution in [1.82, 2.24) is 4.98 Å². The predicted molar refractivity (Wildman–Crippen MR) is 109 cm³/mol. The Kier molecular flexibility index (Phi) is 7.04. The lowest BCUT2D eigenvalue weighted by atomic mass is 9.86. The highest BCUT2D eigenvalue weighted by atomic mass is 19.4. The number of non-ortho nitro benzene ring substituents is 1. The second kappa shape index (κ2) is 9.62. The number of carbonyl (C=O) groups is 1. The third-order valence-corrected chi connectivity index (χ3v) is 5.07. The van der Waals surface area contributed by atoms with Crippen LogP contribution in [-0.4, -0.2) is 15.7 Å². The number of aromatic nitrogens is 1. The highest BCUT2D eigenvalue weighted by molar-refractivity contribution is 5.82.